The lowest BCUT2D eigenvalue weighted by Crippen LogP contribution is -2.39. The van der Waals surface area contributed by atoms with Crippen molar-refractivity contribution in [1.82, 2.24) is 9.88 Å². The predicted octanol–water partition coefficient (Wildman–Crippen LogP) is 3.19. The molecule has 1 aliphatic rings. The van der Waals surface area contributed by atoms with E-state index in [1.807, 2.05) is 30.3 Å². The van der Waals surface area contributed by atoms with Gasteiger partial charge in [0.15, 0.2) is 6.39 Å². The maximum atomic E-state index is 12.1. The number of rotatable bonds is 3. The highest BCUT2D eigenvalue weighted by atomic mass is 16.6. The van der Waals surface area contributed by atoms with Crippen LogP contribution in [0.2, 0.25) is 0 Å². The molecule has 110 valence electrons. The van der Waals surface area contributed by atoms with Crippen molar-refractivity contribution in [2.24, 2.45) is 0 Å². The van der Waals surface area contributed by atoms with Crippen LogP contribution in [0.25, 0.3) is 0 Å². The predicted molar refractivity (Wildman–Crippen MR) is 76.7 cm³/mol. The van der Waals surface area contributed by atoms with Gasteiger partial charge in [-0.15, -0.1) is 0 Å². The lowest BCUT2D eigenvalue weighted by molar-refractivity contribution is 0.0856. The van der Waals surface area contributed by atoms with Gasteiger partial charge in [0, 0.05) is 19.0 Å². The van der Waals surface area contributed by atoms with Gasteiger partial charge in [0.05, 0.1) is 5.69 Å². The van der Waals surface area contributed by atoms with Crippen LogP contribution in [0.1, 0.15) is 30.0 Å². The quantitative estimate of drug-likeness (QED) is 0.869. The molecular formula is C16H18N2O3. The number of hydrogen-bond donors (Lipinski definition) is 0. The van der Waals surface area contributed by atoms with Crippen LogP contribution in [0.4, 0.5) is 4.79 Å². The van der Waals surface area contributed by atoms with Gasteiger partial charge in [-0.3, -0.25) is 0 Å². The number of hydrogen-bond acceptors (Lipinski definition) is 4. The Morgan fingerprint density at radius 3 is 3.00 bits per heavy atom. The highest BCUT2D eigenvalue weighted by Crippen LogP contribution is 2.26. The van der Waals surface area contributed by atoms with Gasteiger partial charge in [0.2, 0.25) is 0 Å². The topological polar surface area (TPSA) is 55.6 Å². The minimum atomic E-state index is -0.257. The van der Waals surface area contributed by atoms with E-state index >= 15 is 0 Å². The summed E-state index contributed by atoms with van der Waals surface area (Å²) in [7, 11) is 0. The number of oxazole rings is 1. The fourth-order valence-corrected chi connectivity index (χ4v) is 2.62. The van der Waals surface area contributed by atoms with Crippen molar-refractivity contribution in [3.8, 4) is 0 Å². The average molecular weight is 286 g/mol. The Morgan fingerprint density at radius 2 is 2.24 bits per heavy atom. The molecule has 21 heavy (non-hydrogen) atoms. The zero-order valence-corrected chi connectivity index (χ0v) is 11.8. The summed E-state index contributed by atoms with van der Waals surface area (Å²) in [6, 6.07) is 9.71. The van der Waals surface area contributed by atoms with Crippen LogP contribution < -0.4 is 0 Å². The first-order valence-electron chi connectivity index (χ1n) is 7.16. The van der Waals surface area contributed by atoms with Crippen LogP contribution in [0.5, 0.6) is 0 Å². The molecule has 0 radical (unpaired) electrons. The van der Waals surface area contributed by atoms with Gasteiger partial charge in [-0.1, -0.05) is 30.3 Å². The summed E-state index contributed by atoms with van der Waals surface area (Å²) in [4.78, 5) is 18.1. The van der Waals surface area contributed by atoms with E-state index in [4.69, 9.17) is 9.15 Å². The molecule has 0 bridgehead atoms. The third-order valence-electron chi connectivity index (χ3n) is 3.75. The third kappa shape index (κ3) is 3.42. The molecular weight excluding hydrogens is 268 g/mol. The largest absolute Gasteiger partial charge is 0.451 e. The minimum absolute atomic E-state index is 0.238. The molecule has 1 aliphatic heterocycles. The Bertz CT molecular complexity index is 568. The van der Waals surface area contributed by atoms with Crippen LogP contribution in [0, 0.1) is 0 Å². The zero-order chi connectivity index (χ0) is 14.5. The smallest absolute Gasteiger partial charge is 0.410 e. The molecule has 0 N–H and O–H groups in total. The van der Waals surface area contributed by atoms with Gasteiger partial charge in [-0.25, -0.2) is 9.78 Å². The fourth-order valence-electron chi connectivity index (χ4n) is 2.62. The van der Waals surface area contributed by atoms with Crippen molar-refractivity contribution in [1.29, 1.82) is 0 Å². The molecule has 1 saturated heterocycles. The van der Waals surface area contributed by atoms with Crippen LogP contribution in [0.15, 0.2) is 47.4 Å². The monoisotopic (exact) mass is 286 g/mol. The van der Waals surface area contributed by atoms with Gasteiger partial charge in [-0.05, 0) is 18.4 Å². The van der Waals surface area contributed by atoms with Gasteiger partial charge in [0.1, 0.15) is 12.9 Å². The molecule has 5 nitrogen and oxygen atoms in total. The summed E-state index contributed by atoms with van der Waals surface area (Å²) in [5.74, 6) is 0.238. The molecule has 1 aromatic heterocycles. The van der Waals surface area contributed by atoms with Crippen LogP contribution in [-0.4, -0.2) is 29.1 Å². The van der Waals surface area contributed by atoms with E-state index in [-0.39, 0.29) is 12.0 Å². The highest BCUT2D eigenvalue weighted by molar-refractivity contribution is 5.67. The normalized spacial score (nSPS) is 18.5. The van der Waals surface area contributed by atoms with Crippen molar-refractivity contribution < 1.29 is 13.9 Å². The molecule has 0 saturated carbocycles. The molecule has 2 heterocycles. The number of piperidine rings is 1. The minimum Gasteiger partial charge on any atom is -0.451 e. The van der Waals surface area contributed by atoms with E-state index < -0.39 is 0 Å². The number of aromatic nitrogens is 1. The maximum Gasteiger partial charge on any atom is 0.410 e. The van der Waals surface area contributed by atoms with E-state index in [0.29, 0.717) is 13.2 Å². The van der Waals surface area contributed by atoms with Gasteiger partial charge >= 0.3 is 6.09 Å². The summed E-state index contributed by atoms with van der Waals surface area (Å²) < 4.78 is 10.4. The van der Waals surface area contributed by atoms with Crippen molar-refractivity contribution in [2.45, 2.75) is 25.4 Å². The Balaban J connectivity index is 1.55. The molecule has 0 spiro atoms. The second kappa shape index (κ2) is 6.43. The first-order chi connectivity index (χ1) is 10.3. The second-order valence-electron chi connectivity index (χ2n) is 5.24. The van der Waals surface area contributed by atoms with Crippen LogP contribution in [-0.2, 0) is 11.3 Å². The number of likely N-dealkylation sites (tertiary alicyclic amines) is 1. The van der Waals surface area contributed by atoms with E-state index in [0.717, 1.165) is 30.6 Å². The van der Waals surface area contributed by atoms with Crippen molar-refractivity contribution in [2.75, 3.05) is 13.1 Å². The van der Waals surface area contributed by atoms with Gasteiger partial charge in [0.25, 0.3) is 0 Å². The Morgan fingerprint density at radius 1 is 1.38 bits per heavy atom. The molecule has 1 aromatic carbocycles. The Labute approximate surface area is 123 Å². The summed E-state index contributed by atoms with van der Waals surface area (Å²) in [5, 5.41) is 0. The van der Waals surface area contributed by atoms with Gasteiger partial charge < -0.3 is 14.1 Å². The average Bonchev–Trinajstić information content (AvgIpc) is 3.08. The number of carbonyl (C=O) groups is 1. The van der Waals surface area contributed by atoms with Crippen molar-refractivity contribution >= 4 is 6.09 Å². The van der Waals surface area contributed by atoms with E-state index in [1.54, 1.807) is 11.2 Å². The van der Waals surface area contributed by atoms with E-state index in [1.165, 1.54) is 6.39 Å². The molecule has 1 unspecified atom stereocenters. The standard InChI is InChI=1S/C16H18N2O3/c19-16(21-10-13-5-2-1-3-6-13)18-8-4-7-14(9-18)15-11-20-12-17-15/h1-3,5-6,11-12,14H,4,7-10H2. The molecule has 0 aliphatic carbocycles. The first-order valence-corrected chi connectivity index (χ1v) is 7.16. The van der Waals surface area contributed by atoms with E-state index in [2.05, 4.69) is 4.98 Å². The number of benzene rings is 1. The Hall–Kier alpha value is -2.30. The van der Waals surface area contributed by atoms with Crippen LogP contribution in [0.3, 0.4) is 0 Å². The molecule has 3 rings (SSSR count). The maximum absolute atomic E-state index is 12.1. The first kappa shape index (κ1) is 13.7. The zero-order valence-electron chi connectivity index (χ0n) is 11.8. The number of amides is 1. The van der Waals surface area contributed by atoms with Crippen molar-refractivity contribution in [3.05, 3.63) is 54.2 Å². The lowest BCUT2D eigenvalue weighted by Gasteiger charge is -2.31. The summed E-state index contributed by atoms with van der Waals surface area (Å²) in [5.41, 5.74) is 1.91. The fraction of sp³-hybridized carbons (Fsp3) is 0.375. The summed E-state index contributed by atoms with van der Waals surface area (Å²) in [6.07, 6.45) is 4.81. The summed E-state index contributed by atoms with van der Waals surface area (Å²) in [6.45, 7) is 1.69. The SMILES string of the molecule is O=C(OCc1ccccc1)N1CCCC(c2cocn2)C1. The molecule has 1 atom stereocenters. The summed E-state index contributed by atoms with van der Waals surface area (Å²) >= 11 is 0. The molecule has 2 aromatic rings. The molecule has 1 fully saturated rings. The highest BCUT2D eigenvalue weighted by Gasteiger charge is 2.27. The van der Waals surface area contributed by atoms with Crippen molar-refractivity contribution in [3.63, 3.8) is 0 Å². The molecule has 5 heteroatoms. The molecule has 1 amide bonds. The van der Waals surface area contributed by atoms with E-state index in [9.17, 15) is 4.79 Å². The Kier molecular flexibility index (Phi) is 4.19. The number of carbonyl (C=O) groups excluding carboxylic acids is 1. The second-order valence-corrected chi connectivity index (χ2v) is 5.24. The lowest BCUT2D eigenvalue weighted by atomic mass is 9.96. The van der Waals surface area contributed by atoms with Crippen LogP contribution >= 0.6 is 0 Å². The number of nitrogens with zero attached hydrogens (tertiary/aromatic N) is 2. The number of ether oxygens (including phenoxy) is 1. The third-order valence-corrected chi connectivity index (χ3v) is 3.75. The van der Waals surface area contributed by atoms with Gasteiger partial charge in [-0.2, -0.15) is 0 Å².